The number of esters is 1. The first-order chi connectivity index (χ1) is 21.8. The first-order valence-electron chi connectivity index (χ1n) is 13.3. The standard InChI is InChI=1S/C18H12Cl2FNO4.C14H8ClFN2O2/c1-26-18(25)13(20)6-9-7-15(14(21)8-12(9)19)22-16(23)10-4-2-3-5-11(10)17(22)24;15-9-5-10(16)12(6-11(9)17)18-13(19)7-3-1-2-4-8(7)14(18)20/h2-5,7-8,13H,6H2,1H3;1-6H,17H2. The summed E-state index contributed by atoms with van der Waals surface area (Å²) in [7, 11) is 1.19. The highest BCUT2D eigenvalue weighted by molar-refractivity contribution is 6.37. The average molecular weight is 687 g/mol. The van der Waals surface area contributed by atoms with E-state index >= 15 is 0 Å². The van der Waals surface area contributed by atoms with Crippen LogP contribution in [-0.2, 0) is 16.0 Å². The van der Waals surface area contributed by atoms with Crippen molar-refractivity contribution in [1.29, 1.82) is 0 Å². The van der Waals surface area contributed by atoms with Gasteiger partial charge in [0.15, 0.2) is 0 Å². The highest BCUT2D eigenvalue weighted by Crippen LogP contribution is 2.35. The van der Waals surface area contributed by atoms with Crippen LogP contribution in [0.25, 0.3) is 0 Å². The van der Waals surface area contributed by atoms with Crippen LogP contribution in [0, 0.1) is 11.6 Å². The van der Waals surface area contributed by atoms with E-state index in [1.165, 1.54) is 43.5 Å². The zero-order valence-electron chi connectivity index (χ0n) is 23.5. The quantitative estimate of drug-likeness (QED) is 0.110. The summed E-state index contributed by atoms with van der Waals surface area (Å²) in [4.78, 5) is 62.5. The number of alkyl halides is 1. The largest absolute Gasteiger partial charge is 0.468 e. The van der Waals surface area contributed by atoms with E-state index < -0.39 is 46.6 Å². The first-order valence-corrected chi connectivity index (χ1v) is 14.4. The summed E-state index contributed by atoms with van der Waals surface area (Å²) in [6.07, 6.45) is -0.0521. The number of anilines is 3. The predicted molar refractivity (Wildman–Crippen MR) is 168 cm³/mol. The van der Waals surface area contributed by atoms with Crippen molar-refractivity contribution in [2.75, 3.05) is 22.6 Å². The van der Waals surface area contributed by atoms with Gasteiger partial charge in [0.25, 0.3) is 23.6 Å². The minimum absolute atomic E-state index is 0.0254. The highest BCUT2D eigenvalue weighted by atomic mass is 35.5. The number of benzene rings is 4. The molecular formula is C32H20Cl3F2N3O6. The number of rotatable bonds is 5. The van der Waals surface area contributed by atoms with Gasteiger partial charge in [0.2, 0.25) is 0 Å². The summed E-state index contributed by atoms with van der Waals surface area (Å²) in [6.45, 7) is 0. The number of imide groups is 2. The molecule has 234 valence electrons. The van der Waals surface area contributed by atoms with Crippen molar-refractivity contribution in [3.63, 3.8) is 0 Å². The lowest BCUT2D eigenvalue weighted by atomic mass is 10.1. The number of amides is 4. The monoisotopic (exact) mass is 685 g/mol. The van der Waals surface area contributed by atoms with Crippen molar-refractivity contribution in [3.8, 4) is 0 Å². The number of halogens is 5. The van der Waals surface area contributed by atoms with E-state index in [0.717, 1.165) is 21.9 Å². The third kappa shape index (κ3) is 5.80. The third-order valence-corrected chi connectivity index (χ3v) is 8.12. The number of nitrogen functional groups attached to an aromatic ring is 1. The van der Waals surface area contributed by atoms with E-state index in [0.29, 0.717) is 5.56 Å². The van der Waals surface area contributed by atoms with Crippen molar-refractivity contribution in [3.05, 3.63) is 122 Å². The minimum Gasteiger partial charge on any atom is -0.468 e. The number of ether oxygens (including phenoxy) is 1. The Bertz CT molecular complexity index is 1900. The van der Waals surface area contributed by atoms with Crippen LogP contribution in [0.2, 0.25) is 10.0 Å². The van der Waals surface area contributed by atoms with Gasteiger partial charge >= 0.3 is 5.97 Å². The Kier molecular flexibility index (Phi) is 9.11. The van der Waals surface area contributed by atoms with Gasteiger partial charge in [0.05, 0.1) is 51.4 Å². The van der Waals surface area contributed by atoms with Crippen LogP contribution < -0.4 is 15.5 Å². The van der Waals surface area contributed by atoms with Gasteiger partial charge in [-0.1, -0.05) is 47.5 Å². The summed E-state index contributed by atoms with van der Waals surface area (Å²) >= 11 is 17.7. The van der Waals surface area contributed by atoms with Gasteiger partial charge in [0, 0.05) is 11.4 Å². The summed E-state index contributed by atoms with van der Waals surface area (Å²) in [5.41, 5.74) is 6.44. The molecule has 2 aliphatic heterocycles. The number of hydrogen-bond acceptors (Lipinski definition) is 7. The molecule has 14 heteroatoms. The molecule has 0 fully saturated rings. The maximum absolute atomic E-state index is 14.5. The highest BCUT2D eigenvalue weighted by Gasteiger charge is 2.39. The lowest BCUT2D eigenvalue weighted by molar-refractivity contribution is -0.140. The Balaban J connectivity index is 0.000000187. The molecule has 9 nitrogen and oxygen atoms in total. The molecule has 1 atom stereocenters. The maximum Gasteiger partial charge on any atom is 0.324 e. The molecule has 4 aromatic rings. The fourth-order valence-corrected chi connectivity index (χ4v) is 5.49. The molecule has 6 rings (SSSR count). The number of carbonyl (C=O) groups is 5. The molecular weight excluding hydrogens is 667 g/mol. The third-order valence-electron chi connectivity index (χ3n) is 7.11. The van der Waals surface area contributed by atoms with Crippen LogP contribution in [0.4, 0.5) is 25.8 Å². The van der Waals surface area contributed by atoms with Crippen LogP contribution in [0.1, 0.15) is 47.0 Å². The molecule has 0 spiro atoms. The van der Waals surface area contributed by atoms with Crippen molar-refractivity contribution >= 4 is 81.5 Å². The number of nitrogens with two attached hydrogens (primary N) is 1. The molecule has 4 aromatic carbocycles. The van der Waals surface area contributed by atoms with E-state index in [1.54, 1.807) is 24.3 Å². The zero-order chi connectivity index (χ0) is 33.4. The lowest BCUT2D eigenvalue weighted by Crippen LogP contribution is -2.30. The van der Waals surface area contributed by atoms with Crippen molar-refractivity contribution in [2.45, 2.75) is 11.8 Å². The van der Waals surface area contributed by atoms with Crippen molar-refractivity contribution in [2.24, 2.45) is 0 Å². The second kappa shape index (κ2) is 12.9. The van der Waals surface area contributed by atoms with Gasteiger partial charge in [-0.25, -0.2) is 18.6 Å². The number of fused-ring (bicyclic) bond motifs is 2. The Hall–Kier alpha value is -4.84. The fourth-order valence-electron chi connectivity index (χ4n) is 4.85. The SMILES string of the molecule is COC(=O)C(Cl)Cc1cc(N2C(=O)c3ccccc3C2=O)c(F)cc1Cl.Nc1cc(N2C(=O)c3ccccc3C2=O)c(F)cc1Cl. The zero-order valence-corrected chi connectivity index (χ0v) is 25.8. The van der Waals surface area contributed by atoms with Gasteiger partial charge in [-0.15, -0.1) is 11.6 Å². The van der Waals surface area contributed by atoms with Gasteiger partial charge in [0.1, 0.15) is 17.0 Å². The molecule has 4 amide bonds. The Labute approximate surface area is 275 Å². The number of hydrogen-bond donors (Lipinski definition) is 1. The molecule has 46 heavy (non-hydrogen) atoms. The lowest BCUT2D eigenvalue weighted by Gasteiger charge is -2.17. The maximum atomic E-state index is 14.5. The van der Waals surface area contributed by atoms with Crippen LogP contribution in [0.15, 0.2) is 72.8 Å². The van der Waals surface area contributed by atoms with Crippen molar-refractivity contribution in [1.82, 2.24) is 0 Å². The van der Waals surface area contributed by atoms with E-state index in [2.05, 4.69) is 4.74 Å². The molecule has 2 aliphatic rings. The molecule has 0 bridgehead atoms. The van der Waals surface area contributed by atoms with Crippen LogP contribution in [-0.4, -0.2) is 42.1 Å². The summed E-state index contributed by atoms with van der Waals surface area (Å²) in [5, 5.41) is -0.988. The Morgan fingerprint density at radius 2 is 1.13 bits per heavy atom. The summed E-state index contributed by atoms with van der Waals surface area (Å²) in [5.74, 6) is -4.70. The number of nitrogens with zero attached hydrogens (tertiary/aromatic N) is 2. The second-order valence-corrected chi connectivity index (χ2v) is 11.2. The molecule has 2 heterocycles. The summed E-state index contributed by atoms with van der Waals surface area (Å²) in [6, 6.07) is 16.9. The predicted octanol–water partition coefficient (Wildman–Crippen LogP) is 6.46. The minimum atomic E-state index is -1.04. The smallest absolute Gasteiger partial charge is 0.324 e. The normalized spacial score (nSPS) is 14.1. The van der Waals surface area contributed by atoms with Gasteiger partial charge in [-0.2, -0.15) is 0 Å². The Morgan fingerprint density at radius 3 is 1.54 bits per heavy atom. The number of carbonyl (C=O) groups excluding carboxylic acids is 5. The van der Waals surface area contributed by atoms with E-state index in [9.17, 15) is 32.8 Å². The fraction of sp³-hybridized carbons (Fsp3) is 0.0938. The topological polar surface area (TPSA) is 127 Å². The summed E-state index contributed by atoms with van der Waals surface area (Å²) < 4.78 is 33.0. The molecule has 0 saturated carbocycles. The van der Waals surface area contributed by atoms with E-state index in [4.69, 9.17) is 40.5 Å². The van der Waals surface area contributed by atoms with Crippen LogP contribution >= 0.6 is 34.8 Å². The first kappa shape index (κ1) is 32.6. The molecule has 1 unspecified atom stereocenters. The van der Waals surface area contributed by atoms with Crippen LogP contribution in [0.3, 0.4) is 0 Å². The molecule has 0 aromatic heterocycles. The van der Waals surface area contributed by atoms with Gasteiger partial charge in [-0.05, 0) is 54.1 Å². The number of methoxy groups -OCH3 is 1. The Morgan fingerprint density at radius 1 is 0.739 bits per heavy atom. The molecule has 0 radical (unpaired) electrons. The van der Waals surface area contributed by atoms with Gasteiger partial charge < -0.3 is 10.5 Å². The molecule has 2 N–H and O–H groups in total. The average Bonchev–Trinajstić information content (AvgIpc) is 3.44. The van der Waals surface area contributed by atoms with Crippen molar-refractivity contribution < 1.29 is 37.5 Å². The van der Waals surface area contributed by atoms with E-state index in [1.807, 2.05) is 0 Å². The van der Waals surface area contributed by atoms with Gasteiger partial charge in [-0.3, -0.25) is 24.0 Å². The molecule has 0 aliphatic carbocycles. The van der Waals surface area contributed by atoms with Crippen LogP contribution in [0.5, 0.6) is 0 Å². The molecule has 0 saturated heterocycles. The van der Waals surface area contributed by atoms with E-state index in [-0.39, 0.29) is 55.8 Å². The second-order valence-electron chi connectivity index (χ2n) is 9.90.